The van der Waals surface area contributed by atoms with Gasteiger partial charge in [0.25, 0.3) is 0 Å². The van der Waals surface area contributed by atoms with Crippen molar-refractivity contribution in [2.24, 2.45) is 0 Å². The molecule has 0 aliphatic rings. The third kappa shape index (κ3) is 3.26. The van der Waals surface area contributed by atoms with Crippen LogP contribution in [0.2, 0.25) is 0 Å². The highest BCUT2D eigenvalue weighted by molar-refractivity contribution is 5.74. The molecular formula is C12H17N3O2. The second-order valence-corrected chi connectivity index (χ2v) is 4.04. The van der Waals surface area contributed by atoms with E-state index in [2.05, 4.69) is 21.4 Å². The van der Waals surface area contributed by atoms with Gasteiger partial charge in [-0.25, -0.2) is 4.98 Å². The third-order valence-corrected chi connectivity index (χ3v) is 2.67. The molecule has 0 saturated carbocycles. The number of H-pyrrole nitrogens is 1. The molecule has 0 bridgehead atoms. The summed E-state index contributed by atoms with van der Waals surface area (Å²) in [5, 5.41) is 20.9. The average Bonchev–Trinajstić information content (AvgIpc) is 2.81. The predicted molar refractivity (Wildman–Crippen MR) is 65.8 cm³/mol. The summed E-state index contributed by atoms with van der Waals surface area (Å²) < 4.78 is 0. The van der Waals surface area contributed by atoms with Gasteiger partial charge in [0.1, 0.15) is 0 Å². The minimum Gasteiger partial charge on any atom is -0.394 e. The molecule has 4 N–H and O–H groups in total. The number of hydrogen-bond acceptors (Lipinski definition) is 4. The number of hydrogen-bond donors (Lipinski definition) is 4. The van der Waals surface area contributed by atoms with Crippen molar-refractivity contribution in [3.05, 3.63) is 30.1 Å². The van der Waals surface area contributed by atoms with Crippen LogP contribution in [0, 0.1) is 0 Å². The van der Waals surface area contributed by atoms with Crippen molar-refractivity contribution in [1.29, 1.82) is 0 Å². The van der Waals surface area contributed by atoms with Gasteiger partial charge in [0.2, 0.25) is 0 Å². The molecule has 0 aliphatic heterocycles. The topological polar surface area (TPSA) is 81.2 Å². The summed E-state index contributed by atoms with van der Waals surface area (Å²) >= 11 is 0. The van der Waals surface area contributed by atoms with Gasteiger partial charge in [0, 0.05) is 6.54 Å². The predicted octanol–water partition coefficient (Wildman–Crippen LogP) is 0.0482. The van der Waals surface area contributed by atoms with Crippen molar-refractivity contribution in [1.82, 2.24) is 15.3 Å². The van der Waals surface area contributed by atoms with Crippen molar-refractivity contribution < 1.29 is 10.2 Å². The second kappa shape index (κ2) is 5.77. The number of imidazole rings is 1. The lowest BCUT2D eigenvalue weighted by molar-refractivity contribution is 0.0947. The monoisotopic (exact) mass is 235 g/mol. The Balaban J connectivity index is 1.82. The van der Waals surface area contributed by atoms with E-state index in [4.69, 9.17) is 10.2 Å². The van der Waals surface area contributed by atoms with Crippen LogP contribution in [-0.2, 0) is 6.42 Å². The van der Waals surface area contributed by atoms with Crippen molar-refractivity contribution >= 4 is 11.0 Å². The Labute approximate surface area is 99.5 Å². The van der Waals surface area contributed by atoms with Crippen LogP contribution in [-0.4, -0.2) is 46.0 Å². The van der Waals surface area contributed by atoms with Crippen molar-refractivity contribution in [2.45, 2.75) is 12.5 Å². The highest BCUT2D eigenvalue weighted by Gasteiger charge is 2.01. The van der Waals surface area contributed by atoms with Crippen LogP contribution >= 0.6 is 0 Å². The number of aromatic nitrogens is 2. The van der Waals surface area contributed by atoms with E-state index in [1.165, 1.54) is 5.56 Å². The number of fused-ring (bicyclic) bond motifs is 1. The van der Waals surface area contributed by atoms with Gasteiger partial charge < -0.3 is 20.5 Å². The van der Waals surface area contributed by atoms with Crippen LogP contribution in [0.4, 0.5) is 0 Å². The van der Waals surface area contributed by atoms with Crippen LogP contribution in [0.3, 0.4) is 0 Å². The Morgan fingerprint density at radius 3 is 3.12 bits per heavy atom. The molecule has 0 amide bonds. The maximum absolute atomic E-state index is 9.14. The van der Waals surface area contributed by atoms with Gasteiger partial charge >= 0.3 is 0 Å². The van der Waals surface area contributed by atoms with Crippen LogP contribution in [0.15, 0.2) is 24.5 Å². The molecular weight excluding hydrogens is 218 g/mol. The van der Waals surface area contributed by atoms with E-state index in [0.29, 0.717) is 6.54 Å². The lowest BCUT2D eigenvalue weighted by Crippen LogP contribution is -2.30. The second-order valence-electron chi connectivity index (χ2n) is 4.04. The molecule has 2 rings (SSSR count). The number of nitrogens with one attached hydrogen (secondary N) is 2. The van der Waals surface area contributed by atoms with Crippen molar-refractivity contribution in [3.8, 4) is 0 Å². The largest absolute Gasteiger partial charge is 0.394 e. The lowest BCUT2D eigenvalue weighted by Gasteiger charge is -2.08. The first-order valence-electron chi connectivity index (χ1n) is 5.71. The summed E-state index contributed by atoms with van der Waals surface area (Å²) in [6, 6.07) is 6.11. The van der Waals surface area contributed by atoms with E-state index >= 15 is 0 Å². The number of nitrogens with zero attached hydrogens (tertiary/aromatic N) is 1. The van der Waals surface area contributed by atoms with Crippen molar-refractivity contribution in [3.63, 3.8) is 0 Å². The minimum atomic E-state index is -0.676. The zero-order valence-corrected chi connectivity index (χ0v) is 9.56. The highest BCUT2D eigenvalue weighted by atomic mass is 16.3. The zero-order valence-electron chi connectivity index (χ0n) is 9.56. The maximum atomic E-state index is 9.14. The molecule has 1 aromatic heterocycles. The fourth-order valence-electron chi connectivity index (χ4n) is 1.70. The van der Waals surface area contributed by atoms with Gasteiger partial charge in [-0.2, -0.15) is 0 Å². The molecule has 1 heterocycles. The van der Waals surface area contributed by atoms with Crippen molar-refractivity contribution in [2.75, 3.05) is 19.7 Å². The fraction of sp³-hybridized carbons (Fsp3) is 0.417. The molecule has 92 valence electrons. The Hall–Kier alpha value is -1.43. The molecule has 0 fully saturated rings. The van der Waals surface area contributed by atoms with Gasteiger partial charge in [-0.15, -0.1) is 0 Å². The molecule has 0 spiro atoms. The molecule has 1 atom stereocenters. The first-order valence-corrected chi connectivity index (χ1v) is 5.71. The van der Waals surface area contributed by atoms with Gasteiger partial charge in [-0.1, -0.05) is 6.07 Å². The standard InChI is InChI=1S/C12H17N3O2/c16-7-10(17)6-13-4-3-9-1-2-11-12(5-9)15-8-14-11/h1-2,5,8,10,13,16-17H,3-4,6-7H2,(H,14,15). The smallest absolute Gasteiger partial charge is 0.0931 e. The van der Waals surface area contributed by atoms with Crippen LogP contribution in [0.1, 0.15) is 5.56 Å². The van der Waals surface area contributed by atoms with E-state index in [1.54, 1.807) is 6.33 Å². The van der Waals surface area contributed by atoms with Gasteiger partial charge in [0.05, 0.1) is 30.1 Å². The van der Waals surface area contributed by atoms with E-state index in [9.17, 15) is 0 Å². The summed E-state index contributed by atoms with van der Waals surface area (Å²) in [6.07, 6.45) is 1.89. The van der Waals surface area contributed by atoms with Crippen LogP contribution < -0.4 is 5.32 Å². The number of aliphatic hydroxyl groups is 2. The quantitative estimate of drug-likeness (QED) is 0.533. The Kier molecular flexibility index (Phi) is 4.08. The summed E-state index contributed by atoms with van der Waals surface area (Å²) in [5.74, 6) is 0. The Morgan fingerprint density at radius 1 is 1.41 bits per heavy atom. The highest BCUT2D eigenvalue weighted by Crippen LogP contribution is 2.11. The molecule has 2 aromatic rings. The number of aromatic amines is 1. The summed E-state index contributed by atoms with van der Waals surface area (Å²) in [6.45, 7) is 0.993. The SMILES string of the molecule is OCC(O)CNCCc1ccc2nc[nH]c2c1. The molecule has 0 saturated heterocycles. The summed E-state index contributed by atoms with van der Waals surface area (Å²) in [7, 11) is 0. The van der Waals surface area contributed by atoms with Gasteiger partial charge in [0.15, 0.2) is 0 Å². The van der Waals surface area contributed by atoms with E-state index in [0.717, 1.165) is 24.0 Å². The molecule has 5 heteroatoms. The summed E-state index contributed by atoms with van der Waals surface area (Å²) in [4.78, 5) is 7.23. The molecule has 0 aliphatic carbocycles. The lowest BCUT2D eigenvalue weighted by atomic mass is 10.1. The fourth-order valence-corrected chi connectivity index (χ4v) is 1.70. The third-order valence-electron chi connectivity index (χ3n) is 2.67. The van der Waals surface area contributed by atoms with E-state index < -0.39 is 6.10 Å². The number of benzene rings is 1. The molecule has 1 unspecified atom stereocenters. The maximum Gasteiger partial charge on any atom is 0.0931 e. The first kappa shape index (κ1) is 12.0. The number of aliphatic hydroxyl groups excluding tert-OH is 2. The summed E-state index contributed by atoms with van der Waals surface area (Å²) in [5.41, 5.74) is 3.23. The van der Waals surface area contributed by atoms with Gasteiger partial charge in [-0.05, 0) is 30.7 Å². The van der Waals surface area contributed by atoms with E-state index in [1.807, 2.05) is 12.1 Å². The van der Waals surface area contributed by atoms with Crippen LogP contribution in [0.5, 0.6) is 0 Å². The molecule has 0 radical (unpaired) electrons. The average molecular weight is 235 g/mol. The normalized spacial score (nSPS) is 13.1. The minimum absolute atomic E-state index is 0.201. The number of rotatable bonds is 6. The Bertz CT molecular complexity index is 469. The van der Waals surface area contributed by atoms with E-state index in [-0.39, 0.29) is 6.61 Å². The first-order chi connectivity index (χ1) is 8.29. The molecule has 17 heavy (non-hydrogen) atoms. The molecule has 1 aromatic carbocycles. The van der Waals surface area contributed by atoms with Crippen LogP contribution in [0.25, 0.3) is 11.0 Å². The zero-order chi connectivity index (χ0) is 12.1. The Morgan fingerprint density at radius 2 is 2.29 bits per heavy atom. The van der Waals surface area contributed by atoms with Gasteiger partial charge in [-0.3, -0.25) is 0 Å². The molecule has 5 nitrogen and oxygen atoms in total.